The second-order valence-electron chi connectivity index (χ2n) is 4.97. The minimum absolute atomic E-state index is 0.0496. The number of thiazole rings is 1. The SMILES string of the molecule is CC(C(=O)O)N(Cc1ccccc1)C(=O)c1csc(C(F)(F)F)n1. The second kappa shape index (κ2) is 7.00. The van der Waals surface area contributed by atoms with Crippen LogP contribution in [0.2, 0.25) is 0 Å². The number of carboxylic acids is 1. The van der Waals surface area contributed by atoms with Crippen LogP contribution < -0.4 is 0 Å². The van der Waals surface area contributed by atoms with Crippen molar-refractivity contribution in [3.05, 3.63) is 52.0 Å². The number of amides is 1. The van der Waals surface area contributed by atoms with E-state index in [1.165, 1.54) is 6.92 Å². The first kappa shape index (κ1) is 17.9. The summed E-state index contributed by atoms with van der Waals surface area (Å²) < 4.78 is 37.9. The summed E-state index contributed by atoms with van der Waals surface area (Å²) in [6.07, 6.45) is -4.65. The number of alkyl halides is 3. The monoisotopic (exact) mass is 358 g/mol. The van der Waals surface area contributed by atoms with E-state index in [9.17, 15) is 22.8 Å². The summed E-state index contributed by atoms with van der Waals surface area (Å²) in [6.45, 7) is 1.24. The van der Waals surface area contributed by atoms with Gasteiger partial charge in [0.15, 0.2) is 5.01 Å². The molecule has 24 heavy (non-hydrogen) atoms. The molecule has 1 N–H and O–H groups in total. The van der Waals surface area contributed by atoms with Crippen molar-refractivity contribution in [2.45, 2.75) is 25.7 Å². The molecule has 2 aromatic rings. The molecule has 1 aromatic carbocycles. The van der Waals surface area contributed by atoms with Gasteiger partial charge in [0.05, 0.1) is 0 Å². The predicted molar refractivity (Wildman–Crippen MR) is 80.5 cm³/mol. The third-order valence-corrected chi connectivity index (χ3v) is 4.13. The Morgan fingerprint density at radius 1 is 1.29 bits per heavy atom. The highest BCUT2D eigenvalue weighted by molar-refractivity contribution is 7.09. The molecule has 0 saturated carbocycles. The van der Waals surface area contributed by atoms with Crippen molar-refractivity contribution in [2.24, 2.45) is 0 Å². The smallest absolute Gasteiger partial charge is 0.443 e. The molecule has 1 amide bonds. The van der Waals surface area contributed by atoms with Gasteiger partial charge in [0.1, 0.15) is 11.7 Å². The van der Waals surface area contributed by atoms with Gasteiger partial charge in [-0.25, -0.2) is 9.78 Å². The van der Waals surface area contributed by atoms with Gasteiger partial charge < -0.3 is 10.0 Å². The van der Waals surface area contributed by atoms with Gasteiger partial charge in [-0.05, 0) is 12.5 Å². The molecule has 0 aliphatic rings. The van der Waals surface area contributed by atoms with Crippen LogP contribution in [0.5, 0.6) is 0 Å². The van der Waals surface area contributed by atoms with E-state index in [0.29, 0.717) is 16.9 Å². The number of nitrogens with zero attached hydrogens (tertiary/aromatic N) is 2. The van der Waals surface area contributed by atoms with Crippen LogP contribution in [0.25, 0.3) is 0 Å². The minimum Gasteiger partial charge on any atom is -0.480 e. The third kappa shape index (κ3) is 4.10. The Morgan fingerprint density at radius 2 is 1.92 bits per heavy atom. The number of carbonyl (C=O) groups is 2. The van der Waals surface area contributed by atoms with E-state index in [1.807, 2.05) is 0 Å². The average molecular weight is 358 g/mol. The van der Waals surface area contributed by atoms with Crippen molar-refractivity contribution >= 4 is 23.2 Å². The van der Waals surface area contributed by atoms with E-state index in [1.54, 1.807) is 30.3 Å². The quantitative estimate of drug-likeness (QED) is 0.890. The zero-order valence-corrected chi connectivity index (χ0v) is 13.3. The maximum atomic E-state index is 12.6. The van der Waals surface area contributed by atoms with Gasteiger partial charge >= 0.3 is 12.1 Å². The van der Waals surface area contributed by atoms with Crippen LogP contribution in [0.4, 0.5) is 13.2 Å². The molecule has 0 saturated heterocycles. The largest absolute Gasteiger partial charge is 0.480 e. The molecule has 1 atom stereocenters. The van der Waals surface area contributed by atoms with E-state index in [2.05, 4.69) is 4.98 Å². The zero-order valence-electron chi connectivity index (χ0n) is 12.4. The van der Waals surface area contributed by atoms with E-state index < -0.39 is 34.8 Å². The molecule has 1 unspecified atom stereocenters. The van der Waals surface area contributed by atoms with Gasteiger partial charge in [-0.1, -0.05) is 30.3 Å². The summed E-state index contributed by atoms with van der Waals surface area (Å²) in [7, 11) is 0. The van der Waals surface area contributed by atoms with Crippen molar-refractivity contribution in [2.75, 3.05) is 0 Å². The number of carboxylic acid groups (broad SMARTS) is 1. The van der Waals surface area contributed by atoms with Gasteiger partial charge in [-0.15, -0.1) is 11.3 Å². The van der Waals surface area contributed by atoms with Crippen LogP contribution in [0.1, 0.15) is 28.0 Å². The van der Waals surface area contributed by atoms with E-state index in [-0.39, 0.29) is 6.54 Å². The number of carbonyl (C=O) groups excluding carboxylic acids is 1. The Hall–Kier alpha value is -2.42. The molecule has 0 spiro atoms. The molecular formula is C15H13F3N2O3S. The van der Waals surface area contributed by atoms with Crippen molar-refractivity contribution in [1.29, 1.82) is 0 Å². The topological polar surface area (TPSA) is 70.5 Å². The van der Waals surface area contributed by atoms with Gasteiger partial charge in [0.25, 0.3) is 5.91 Å². The van der Waals surface area contributed by atoms with E-state index >= 15 is 0 Å². The first-order valence-corrected chi connectivity index (χ1v) is 7.68. The van der Waals surface area contributed by atoms with Crippen LogP contribution in [0.15, 0.2) is 35.7 Å². The lowest BCUT2D eigenvalue weighted by atomic mass is 10.1. The molecule has 0 aliphatic carbocycles. The Labute approximate surface area is 139 Å². The predicted octanol–water partition coefficient (Wildman–Crippen LogP) is 3.28. The Balaban J connectivity index is 2.30. The Kier molecular flexibility index (Phi) is 5.23. The maximum Gasteiger partial charge on any atom is 0.443 e. The molecule has 5 nitrogen and oxygen atoms in total. The van der Waals surface area contributed by atoms with E-state index in [0.717, 1.165) is 10.3 Å². The second-order valence-corrected chi connectivity index (χ2v) is 5.83. The van der Waals surface area contributed by atoms with Crippen LogP contribution in [-0.4, -0.2) is 32.9 Å². The molecular weight excluding hydrogens is 345 g/mol. The number of halogens is 3. The lowest BCUT2D eigenvalue weighted by Gasteiger charge is -2.26. The minimum atomic E-state index is -4.65. The summed E-state index contributed by atoms with van der Waals surface area (Å²) in [4.78, 5) is 28.0. The molecule has 1 heterocycles. The first-order valence-electron chi connectivity index (χ1n) is 6.80. The fraction of sp³-hybridized carbons (Fsp3) is 0.267. The molecule has 0 aliphatic heterocycles. The maximum absolute atomic E-state index is 12.6. The Morgan fingerprint density at radius 3 is 2.42 bits per heavy atom. The number of hydrogen-bond acceptors (Lipinski definition) is 4. The molecule has 128 valence electrons. The van der Waals surface area contributed by atoms with Crippen LogP contribution >= 0.6 is 11.3 Å². The van der Waals surface area contributed by atoms with Crippen molar-refractivity contribution < 1.29 is 27.9 Å². The van der Waals surface area contributed by atoms with Gasteiger partial charge in [-0.2, -0.15) is 13.2 Å². The highest BCUT2D eigenvalue weighted by Crippen LogP contribution is 2.32. The standard InChI is InChI=1S/C15H13F3N2O3S/c1-9(13(22)23)20(7-10-5-3-2-4-6-10)12(21)11-8-24-14(19-11)15(16,17)18/h2-6,8-9H,7H2,1H3,(H,22,23). The number of hydrogen-bond donors (Lipinski definition) is 1. The first-order chi connectivity index (χ1) is 11.2. The summed E-state index contributed by atoms with van der Waals surface area (Å²) in [6, 6.07) is 7.36. The number of aliphatic carboxylic acids is 1. The van der Waals surface area contributed by atoms with E-state index in [4.69, 9.17) is 5.11 Å². The zero-order chi connectivity index (χ0) is 17.9. The highest BCUT2D eigenvalue weighted by Gasteiger charge is 2.36. The van der Waals surface area contributed by atoms with Crippen molar-refractivity contribution in [3.8, 4) is 0 Å². The molecule has 0 fully saturated rings. The van der Waals surface area contributed by atoms with Gasteiger partial charge in [0, 0.05) is 11.9 Å². The number of benzene rings is 1. The fourth-order valence-corrected chi connectivity index (χ4v) is 2.61. The van der Waals surface area contributed by atoms with Crippen LogP contribution in [0.3, 0.4) is 0 Å². The average Bonchev–Trinajstić information content (AvgIpc) is 3.02. The molecule has 9 heteroatoms. The normalized spacial score (nSPS) is 12.7. The van der Waals surface area contributed by atoms with Gasteiger partial charge in [0.2, 0.25) is 0 Å². The Bertz CT molecular complexity index is 731. The highest BCUT2D eigenvalue weighted by atomic mass is 32.1. The lowest BCUT2D eigenvalue weighted by Crippen LogP contribution is -2.42. The summed E-state index contributed by atoms with van der Waals surface area (Å²) >= 11 is 0.298. The van der Waals surface area contributed by atoms with Crippen LogP contribution in [0, 0.1) is 0 Å². The molecule has 0 radical (unpaired) electrons. The van der Waals surface area contributed by atoms with Crippen molar-refractivity contribution in [1.82, 2.24) is 9.88 Å². The molecule has 0 bridgehead atoms. The summed E-state index contributed by atoms with van der Waals surface area (Å²) in [5.41, 5.74) is 0.238. The molecule has 2 rings (SSSR count). The molecule has 1 aromatic heterocycles. The van der Waals surface area contributed by atoms with Gasteiger partial charge in [-0.3, -0.25) is 4.79 Å². The summed E-state index contributed by atoms with van der Waals surface area (Å²) in [5.74, 6) is -2.12. The summed E-state index contributed by atoms with van der Waals surface area (Å²) in [5, 5.41) is 9.01. The van der Waals surface area contributed by atoms with Crippen molar-refractivity contribution in [3.63, 3.8) is 0 Å². The number of rotatable bonds is 5. The van der Waals surface area contributed by atoms with Crippen LogP contribution in [-0.2, 0) is 17.5 Å². The fourth-order valence-electron chi connectivity index (χ4n) is 1.95. The number of aromatic nitrogens is 1. The lowest BCUT2D eigenvalue weighted by molar-refractivity contribution is -0.142. The third-order valence-electron chi connectivity index (χ3n) is 3.25.